The average Bonchev–Trinajstić information content (AvgIpc) is 3.32. The maximum atomic E-state index is 12.8. The molecule has 0 aromatic heterocycles. The quantitative estimate of drug-likeness (QED) is 0.0211. The minimum atomic E-state index is -4.38. The molecule has 0 aliphatic carbocycles. The molecule has 2 unspecified atom stereocenters. The van der Waals surface area contributed by atoms with Gasteiger partial charge in [0.2, 0.25) is 0 Å². The number of esters is 2. The van der Waals surface area contributed by atoms with Crippen LogP contribution < -0.4 is 0 Å². The first-order valence-corrected chi connectivity index (χ1v) is 30.5. The first-order valence-electron chi connectivity index (χ1n) is 29.0. The van der Waals surface area contributed by atoms with Crippen molar-refractivity contribution in [3.63, 3.8) is 0 Å². The van der Waals surface area contributed by atoms with E-state index in [2.05, 4.69) is 74.6 Å². The van der Waals surface area contributed by atoms with E-state index in [1.165, 1.54) is 148 Å². The van der Waals surface area contributed by atoms with Gasteiger partial charge in [0.15, 0.2) is 6.10 Å². The number of likely N-dealkylation sites (N-methyl/N-ethyl adjacent to an activating group) is 1. The van der Waals surface area contributed by atoms with Crippen LogP contribution in [0.5, 0.6) is 0 Å². The van der Waals surface area contributed by atoms with Crippen LogP contribution in [0.4, 0.5) is 0 Å². The van der Waals surface area contributed by atoms with Crippen molar-refractivity contribution in [3.8, 4) is 0 Å². The number of hydrogen-bond acceptors (Lipinski definition) is 7. The van der Waals surface area contributed by atoms with Gasteiger partial charge in [0, 0.05) is 12.8 Å². The van der Waals surface area contributed by atoms with Crippen molar-refractivity contribution >= 4 is 19.8 Å². The highest BCUT2D eigenvalue weighted by Crippen LogP contribution is 2.43. The van der Waals surface area contributed by atoms with E-state index in [1.54, 1.807) is 0 Å². The van der Waals surface area contributed by atoms with Crippen LogP contribution in [0.3, 0.4) is 0 Å². The molecule has 70 heavy (non-hydrogen) atoms. The third-order valence-electron chi connectivity index (χ3n) is 12.5. The molecular weight excluding hydrogens is 894 g/mol. The van der Waals surface area contributed by atoms with Gasteiger partial charge in [-0.25, -0.2) is 4.57 Å². The average molecular weight is 1010 g/mol. The molecule has 0 fully saturated rings. The molecule has 0 radical (unpaired) electrons. The lowest BCUT2D eigenvalue weighted by Gasteiger charge is -2.24. The van der Waals surface area contributed by atoms with Gasteiger partial charge in [0.05, 0.1) is 27.7 Å². The monoisotopic (exact) mass is 1000 g/mol. The number of phosphoric ester groups is 1. The Balaban J connectivity index is 4.06. The number of phosphoric acid groups is 1. The second-order valence-electron chi connectivity index (χ2n) is 20.6. The lowest BCUT2D eigenvalue weighted by atomic mass is 10.0. The number of allylic oxidation sites excluding steroid dienone is 10. The third kappa shape index (κ3) is 55.0. The van der Waals surface area contributed by atoms with E-state index in [0.717, 1.165) is 77.0 Å². The molecule has 408 valence electrons. The SMILES string of the molecule is CC/C=C\C/C=C\C/C=C\C/C=C\CCCCCCCCCCCCCCCCCCCCC(=O)OC(COC(=O)CCCCCCC/C=C\CCCCCCCC)COP(=O)(O)OCC[N+](C)(C)C. The van der Waals surface area contributed by atoms with Gasteiger partial charge >= 0.3 is 19.8 Å². The molecule has 0 heterocycles. The molecule has 1 N–H and O–H groups in total. The highest BCUT2D eigenvalue weighted by atomic mass is 31.2. The van der Waals surface area contributed by atoms with E-state index < -0.39 is 26.5 Å². The van der Waals surface area contributed by atoms with Crippen molar-refractivity contribution in [2.24, 2.45) is 0 Å². The molecule has 0 aliphatic rings. The maximum absolute atomic E-state index is 12.8. The van der Waals surface area contributed by atoms with E-state index >= 15 is 0 Å². The second-order valence-corrected chi connectivity index (χ2v) is 22.1. The van der Waals surface area contributed by atoms with Gasteiger partial charge in [0.25, 0.3) is 0 Å². The standard InChI is InChI=1S/C60H110NO8P/c1-6-8-10-12-14-16-18-20-22-23-24-25-26-27-28-29-30-31-32-33-34-35-36-37-39-41-43-45-47-49-51-53-60(63)69-58(57-68-70(64,65)67-55-54-61(3,4)5)56-66-59(62)52-50-48-46-44-42-40-38-21-19-17-15-13-11-9-7-2/h8,10,14,16,20-22,24-25,38,58H,6-7,9,11-13,15,17-19,23,26-37,39-57H2,1-5H3/p+1/b10-8-,16-14-,22-20-,25-24-,38-21-. The number of unbranched alkanes of at least 4 members (excludes halogenated alkanes) is 29. The van der Waals surface area contributed by atoms with Crippen LogP contribution >= 0.6 is 7.82 Å². The fourth-order valence-corrected chi connectivity index (χ4v) is 8.80. The minimum Gasteiger partial charge on any atom is -0.462 e. The van der Waals surface area contributed by atoms with Gasteiger partial charge in [0.1, 0.15) is 19.8 Å². The number of rotatable bonds is 53. The summed E-state index contributed by atoms with van der Waals surface area (Å²) in [5, 5.41) is 0. The summed E-state index contributed by atoms with van der Waals surface area (Å²) in [6, 6.07) is 0. The summed E-state index contributed by atoms with van der Waals surface area (Å²) < 4.78 is 34.5. The molecule has 10 heteroatoms. The van der Waals surface area contributed by atoms with Crippen molar-refractivity contribution in [1.82, 2.24) is 0 Å². The maximum Gasteiger partial charge on any atom is 0.472 e. The Labute approximate surface area is 432 Å². The number of nitrogens with zero attached hydrogens (tertiary/aromatic N) is 1. The van der Waals surface area contributed by atoms with Crippen molar-refractivity contribution in [2.75, 3.05) is 47.5 Å². The topological polar surface area (TPSA) is 108 Å². The highest BCUT2D eigenvalue weighted by molar-refractivity contribution is 7.47. The summed E-state index contributed by atoms with van der Waals surface area (Å²) in [5.74, 6) is -0.799. The first-order chi connectivity index (χ1) is 34.0. The van der Waals surface area contributed by atoms with E-state index in [4.69, 9.17) is 18.5 Å². The zero-order chi connectivity index (χ0) is 51.3. The van der Waals surface area contributed by atoms with Gasteiger partial charge in [-0.1, -0.05) is 229 Å². The Morgan fingerprint density at radius 1 is 0.457 bits per heavy atom. The zero-order valence-electron chi connectivity index (χ0n) is 46.2. The smallest absolute Gasteiger partial charge is 0.462 e. The Morgan fingerprint density at radius 3 is 1.23 bits per heavy atom. The second kappa shape index (κ2) is 51.6. The number of quaternary nitrogens is 1. The zero-order valence-corrected chi connectivity index (χ0v) is 47.1. The lowest BCUT2D eigenvalue weighted by Crippen LogP contribution is -2.37. The van der Waals surface area contributed by atoms with Crippen molar-refractivity contribution < 1.29 is 42.1 Å². The third-order valence-corrected chi connectivity index (χ3v) is 13.5. The van der Waals surface area contributed by atoms with E-state index in [9.17, 15) is 19.0 Å². The van der Waals surface area contributed by atoms with Crippen LogP contribution in [0.15, 0.2) is 60.8 Å². The molecule has 2 atom stereocenters. The van der Waals surface area contributed by atoms with Crippen molar-refractivity contribution in [1.29, 1.82) is 0 Å². The Morgan fingerprint density at radius 2 is 0.814 bits per heavy atom. The number of hydrogen-bond donors (Lipinski definition) is 1. The molecule has 0 saturated heterocycles. The molecular formula is C60H111NO8P+. The molecule has 0 amide bonds. The highest BCUT2D eigenvalue weighted by Gasteiger charge is 2.27. The summed E-state index contributed by atoms with van der Waals surface area (Å²) in [4.78, 5) is 35.6. The van der Waals surface area contributed by atoms with E-state index in [0.29, 0.717) is 17.4 Å². The Bertz CT molecular complexity index is 1370. The predicted octanol–water partition coefficient (Wildman–Crippen LogP) is 17.9. The Kier molecular flexibility index (Phi) is 49.9. The van der Waals surface area contributed by atoms with E-state index in [1.807, 2.05) is 21.1 Å². The molecule has 0 spiro atoms. The van der Waals surface area contributed by atoms with Crippen molar-refractivity contribution in [3.05, 3.63) is 60.8 Å². The van der Waals surface area contributed by atoms with Gasteiger partial charge in [-0.05, 0) is 77.0 Å². The van der Waals surface area contributed by atoms with Crippen LogP contribution in [-0.2, 0) is 32.7 Å². The lowest BCUT2D eigenvalue weighted by molar-refractivity contribution is -0.870. The summed E-state index contributed by atoms with van der Waals surface area (Å²) in [6.45, 7) is 4.33. The van der Waals surface area contributed by atoms with E-state index in [-0.39, 0.29) is 32.0 Å². The minimum absolute atomic E-state index is 0.0305. The van der Waals surface area contributed by atoms with Crippen LogP contribution in [0.25, 0.3) is 0 Å². The molecule has 0 bridgehead atoms. The van der Waals surface area contributed by atoms with Gasteiger partial charge in [-0.15, -0.1) is 0 Å². The largest absolute Gasteiger partial charge is 0.472 e. The van der Waals surface area contributed by atoms with Crippen LogP contribution in [0.2, 0.25) is 0 Å². The molecule has 0 rings (SSSR count). The summed E-state index contributed by atoms with van der Waals surface area (Å²) in [6.07, 6.45) is 65.8. The molecule has 0 saturated carbocycles. The van der Waals surface area contributed by atoms with Crippen LogP contribution in [0.1, 0.15) is 258 Å². The fraction of sp³-hybridized carbons (Fsp3) is 0.800. The van der Waals surface area contributed by atoms with Gasteiger partial charge in [-0.2, -0.15) is 0 Å². The van der Waals surface area contributed by atoms with Crippen molar-refractivity contribution in [2.45, 2.75) is 264 Å². The summed E-state index contributed by atoms with van der Waals surface area (Å²) in [5.41, 5.74) is 0. The first kappa shape index (κ1) is 67.7. The molecule has 0 aromatic rings. The normalized spacial score (nSPS) is 13.7. The van der Waals surface area contributed by atoms with Gasteiger partial charge < -0.3 is 18.9 Å². The number of carbonyl (C=O) groups excluding carboxylic acids is 2. The Hall–Kier alpha value is -2.29. The molecule has 0 aliphatic heterocycles. The van der Waals surface area contributed by atoms with Crippen LogP contribution in [-0.4, -0.2) is 74.9 Å². The number of carbonyl (C=O) groups is 2. The summed E-state index contributed by atoms with van der Waals surface area (Å²) in [7, 11) is 1.48. The molecule has 0 aromatic carbocycles. The van der Waals surface area contributed by atoms with Gasteiger partial charge in [-0.3, -0.25) is 18.6 Å². The predicted molar refractivity (Wildman–Crippen MR) is 298 cm³/mol. The van der Waals surface area contributed by atoms with Crippen LogP contribution in [0, 0.1) is 0 Å². The fourth-order valence-electron chi connectivity index (χ4n) is 8.06. The number of ether oxygens (including phenoxy) is 2. The summed E-state index contributed by atoms with van der Waals surface area (Å²) >= 11 is 0. The molecule has 9 nitrogen and oxygen atoms in total.